The summed E-state index contributed by atoms with van der Waals surface area (Å²) in [6, 6.07) is 8.52. The number of esters is 1. The van der Waals surface area contributed by atoms with E-state index in [1.807, 2.05) is 0 Å². The number of phenols is 1. The fraction of sp³-hybridized carbons (Fsp3) is 0.118. The molecule has 2 aromatic rings. The summed E-state index contributed by atoms with van der Waals surface area (Å²) in [6.45, 7) is 1.17. The number of rotatable bonds is 5. The molecule has 1 atom stereocenters. The first-order valence-electron chi connectivity index (χ1n) is 7.50. The number of nitrogens with one attached hydrogen (secondary N) is 1. The number of amides is 1. The molecule has 0 spiro atoms. The van der Waals surface area contributed by atoms with Crippen molar-refractivity contribution in [3.8, 4) is 5.75 Å². The van der Waals surface area contributed by atoms with Crippen LogP contribution in [0.4, 0.5) is 5.69 Å². The van der Waals surface area contributed by atoms with Gasteiger partial charge in [0, 0.05) is 0 Å². The molecule has 1 unspecified atom stereocenters. The summed E-state index contributed by atoms with van der Waals surface area (Å²) < 4.78 is 31.9. The molecule has 27 heavy (non-hydrogen) atoms. The molecule has 0 aliphatic rings. The predicted octanol–water partition coefficient (Wildman–Crippen LogP) is 0.563. The molecular formula is C17H16AsNO8. The van der Waals surface area contributed by atoms with E-state index >= 15 is 0 Å². The zero-order chi connectivity index (χ0) is 20.2. The Morgan fingerprint density at radius 3 is 2.26 bits per heavy atom. The second-order valence-electron chi connectivity index (χ2n) is 5.35. The molecule has 2 aromatic carbocycles. The molecule has 0 aliphatic heterocycles. The number of benzene rings is 2. The second kappa shape index (κ2) is 8.11. The van der Waals surface area contributed by atoms with Gasteiger partial charge < -0.3 is 0 Å². The Morgan fingerprint density at radius 1 is 1.04 bits per heavy atom. The van der Waals surface area contributed by atoms with Gasteiger partial charge in [-0.2, -0.15) is 0 Å². The molecule has 0 fully saturated rings. The zero-order valence-corrected chi connectivity index (χ0v) is 16.2. The average molecular weight is 437 g/mol. The maximum atomic E-state index is 12.6. The average Bonchev–Trinajstić information content (AvgIpc) is 2.60. The van der Waals surface area contributed by atoms with E-state index in [0.29, 0.717) is 0 Å². The van der Waals surface area contributed by atoms with Gasteiger partial charge in [-0.15, -0.1) is 0 Å². The van der Waals surface area contributed by atoms with Gasteiger partial charge in [0.25, 0.3) is 0 Å². The van der Waals surface area contributed by atoms with Crippen LogP contribution in [-0.4, -0.2) is 48.3 Å². The van der Waals surface area contributed by atoms with Crippen molar-refractivity contribution < 1.29 is 35.8 Å². The van der Waals surface area contributed by atoms with E-state index in [2.05, 4.69) is 10.1 Å². The first-order valence-corrected chi connectivity index (χ1v) is 10.8. The maximum absolute atomic E-state index is 12.6. The van der Waals surface area contributed by atoms with Crippen molar-refractivity contribution in [2.24, 2.45) is 0 Å². The van der Waals surface area contributed by atoms with E-state index in [0.717, 1.165) is 24.3 Å². The van der Waals surface area contributed by atoms with E-state index in [1.54, 1.807) is 0 Å². The molecule has 1 amide bonds. The van der Waals surface area contributed by atoms with Gasteiger partial charge >= 0.3 is 157 Å². The summed E-state index contributed by atoms with van der Waals surface area (Å²) in [5, 5.41) is 11.8. The van der Waals surface area contributed by atoms with Crippen molar-refractivity contribution >= 4 is 42.1 Å². The standard InChI is InChI=1S/C17H16AsNO8/c1-10(20)19-15-9-13(21)6-7-14(15)18(24,25)27-17(23)12-5-3-4-11(8-12)16(22)26-2/h3-9,21H,1-2H3,(H,19,20)(H,24,25). The van der Waals surface area contributed by atoms with Crippen LogP contribution in [0.2, 0.25) is 0 Å². The van der Waals surface area contributed by atoms with Crippen molar-refractivity contribution in [2.45, 2.75) is 6.92 Å². The van der Waals surface area contributed by atoms with Gasteiger partial charge in [-0.3, -0.25) is 0 Å². The van der Waals surface area contributed by atoms with Crippen molar-refractivity contribution in [3.05, 3.63) is 53.6 Å². The third kappa shape index (κ3) is 4.99. The molecule has 0 aromatic heterocycles. The number of aromatic hydroxyl groups is 1. The van der Waals surface area contributed by atoms with Crippen LogP contribution >= 0.6 is 0 Å². The Morgan fingerprint density at radius 2 is 1.67 bits per heavy atom. The minimum atomic E-state index is -5.45. The molecular weight excluding hydrogens is 421 g/mol. The van der Waals surface area contributed by atoms with Crippen LogP contribution in [0.3, 0.4) is 0 Å². The molecule has 142 valence electrons. The van der Waals surface area contributed by atoms with Crippen LogP contribution in [0.15, 0.2) is 42.5 Å². The molecule has 3 N–H and O–H groups in total. The monoisotopic (exact) mass is 437 g/mol. The third-order valence-electron chi connectivity index (χ3n) is 3.32. The number of carbonyl (C=O) groups is 3. The second-order valence-corrected chi connectivity index (χ2v) is 8.93. The Balaban J connectivity index is 2.34. The molecule has 10 heteroatoms. The normalized spacial score (nSPS) is 12.6. The fourth-order valence-corrected chi connectivity index (χ4v) is 4.51. The summed E-state index contributed by atoms with van der Waals surface area (Å²) in [6.07, 6.45) is 0. The van der Waals surface area contributed by atoms with Crippen molar-refractivity contribution in [1.82, 2.24) is 0 Å². The van der Waals surface area contributed by atoms with E-state index in [-0.39, 0.29) is 26.9 Å². The van der Waals surface area contributed by atoms with Gasteiger partial charge in [0.2, 0.25) is 0 Å². The summed E-state index contributed by atoms with van der Waals surface area (Å²) in [5.41, 5.74) is -0.215. The van der Waals surface area contributed by atoms with Crippen LogP contribution in [0.25, 0.3) is 0 Å². The Hall–Kier alpha value is -3.03. The topological polar surface area (TPSA) is 139 Å². The molecule has 0 radical (unpaired) electrons. The van der Waals surface area contributed by atoms with Crippen LogP contribution < -0.4 is 9.67 Å². The Labute approximate surface area is 156 Å². The number of hydrogen-bond acceptors (Lipinski definition) is 7. The number of carbonyl (C=O) groups excluding carboxylic acids is 3. The van der Waals surface area contributed by atoms with Crippen LogP contribution in [0.1, 0.15) is 27.6 Å². The summed E-state index contributed by atoms with van der Waals surface area (Å²) >= 11 is -5.45. The number of hydrogen-bond donors (Lipinski definition) is 3. The fourth-order valence-electron chi connectivity index (χ4n) is 2.17. The first kappa shape index (κ1) is 20.3. The van der Waals surface area contributed by atoms with E-state index < -0.39 is 32.0 Å². The molecule has 0 aliphatic carbocycles. The summed E-state index contributed by atoms with van der Waals surface area (Å²) in [5.74, 6) is -2.62. The molecule has 9 nitrogen and oxygen atoms in total. The van der Waals surface area contributed by atoms with Gasteiger partial charge in [-0.25, -0.2) is 0 Å². The van der Waals surface area contributed by atoms with Crippen molar-refractivity contribution in [1.29, 1.82) is 0 Å². The zero-order valence-electron chi connectivity index (χ0n) is 14.3. The molecule has 2 rings (SSSR count). The number of phenolic OH excluding ortho intramolecular Hbond substituents is 1. The minimum absolute atomic E-state index is 0.0654. The molecule has 0 heterocycles. The van der Waals surface area contributed by atoms with Gasteiger partial charge in [0.15, 0.2) is 0 Å². The molecule has 0 saturated carbocycles. The summed E-state index contributed by atoms with van der Waals surface area (Å²) in [7, 11) is 1.17. The third-order valence-corrected chi connectivity index (χ3v) is 6.28. The van der Waals surface area contributed by atoms with Gasteiger partial charge in [0.1, 0.15) is 0 Å². The van der Waals surface area contributed by atoms with Gasteiger partial charge in [-0.05, 0) is 0 Å². The van der Waals surface area contributed by atoms with E-state index in [9.17, 15) is 27.3 Å². The first-order chi connectivity index (χ1) is 12.6. The number of ether oxygens (including phenoxy) is 1. The van der Waals surface area contributed by atoms with Crippen molar-refractivity contribution in [3.63, 3.8) is 0 Å². The quantitative estimate of drug-likeness (QED) is 0.456. The van der Waals surface area contributed by atoms with Crippen molar-refractivity contribution in [2.75, 3.05) is 12.4 Å². The SMILES string of the molecule is COC(=O)c1cccc(C(=O)O[As](=O)(O)c2ccc(O)cc2NC(C)=O)c1. The Bertz CT molecular complexity index is 956. The van der Waals surface area contributed by atoms with Crippen LogP contribution in [0, 0.1) is 0 Å². The Kier molecular flexibility index (Phi) is 6.09. The van der Waals surface area contributed by atoms with Crippen LogP contribution in [0.5, 0.6) is 5.75 Å². The molecule has 0 bridgehead atoms. The van der Waals surface area contributed by atoms with E-state index in [4.69, 9.17) is 3.73 Å². The van der Waals surface area contributed by atoms with E-state index in [1.165, 1.54) is 32.2 Å². The number of methoxy groups -OCH3 is 1. The predicted molar refractivity (Wildman–Crippen MR) is 93.9 cm³/mol. The van der Waals surface area contributed by atoms with Gasteiger partial charge in [0.05, 0.1) is 0 Å². The summed E-state index contributed by atoms with van der Waals surface area (Å²) in [4.78, 5) is 35.1. The van der Waals surface area contributed by atoms with Gasteiger partial charge in [-0.1, -0.05) is 0 Å². The van der Waals surface area contributed by atoms with Crippen LogP contribution in [-0.2, 0) is 17.0 Å². The number of anilines is 1. The molecule has 0 saturated heterocycles.